The predicted octanol–water partition coefficient (Wildman–Crippen LogP) is 4.09. The number of methoxy groups -OCH3 is 1. The van der Waals surface area contributed by atoms with Gasteiger partial charge in [0, 0.05) is 54.7 Å². The van der Waals surface area contributed by atoms with Crippen LogP contribution in [-0.2, 0) is 16.8 Å². The molecule has 1 amide bonds. The molecule has 3 aromatic rings. The molecule has 0 bridgehead atoms. The summed E-state index contributed by atoms with van der Waals surface area (Å²) in [4.78, 5) is 21.8. The highest BCUT2D eigenvalue weighted by molar-refractivity contribution is 5.88. The highest BCUT2D eigenvalue weighted by Crippen LogP contribution is 2.45. The average Bonchev–Trinajstić information content (AvgIpc) is 3.41. The number of carbonyl (C=O) groups is 1. The van der Waals surface area contributed by atoms with Crippen LogP contribution in [0.4, 0.5) is 0 Å². The summed E-state index contributed by atoms with van der Waals surface area (Å²) in [5.41, 5.74) is 8.89. The van der Waals surface area contributed by atoms with Crippen molar-refractivity contribution >= 4 is 29.2 Å². The second-order valence-electron chi connectivity index (χ2n) is 10.6. The van der Waals surface area contributed by atoms with Gasteiger partial charge >= 0.3 is 0 Å². The third-order valence-electron chi connectivity index (χ3n) is 7.33. The lowest BCUT2D eigenvalue weighted by Crippen LogP contribution is -2.56. The molecule has 5 rings (SSSR count). The molecule has 0 saturated carbocycles. The zero-order chi connectivity index (χ0) is 24.6. The maximum Gasteiger partial charge on any atom is 0.225 e. The Hall–Kier alpha value is -2.74. The fourth-order valence-electron chi connectivity index (χ4n) is 5.73. The van der Waals surface area contributed by atoms with Crippen molar-refractivity contribution in [3.05, 3.63) is 59.8 Å². The number of aromatic nitrogens is 1. The van der Waals surface area contributed by atoms with Gasteiger partial charge in [0.15, 0.2) is 0 Å². The van der Waals surface area contributed by atoms with Crippen molar-refractivity contribution in [1.82, 2.24) is 14.8 Å². The molecule has 3 heterocycles. The summed E-state index contributed by atoms with van der Waals surface area (Å²) in [6.07, 6.45) is 2.03. The highest BCUT2D eigenvalue weighted by Gasteiger charge is 2.51. The number of aromatic amines is 1. The number of para-hydroxylation sites is 1. The Balaban J connectivity index is 0.00000304. The first-order chi connectivity index (χ1) is 16.8. The number of hydrogen-bond donors (Lipinski definition) is 2. The van der Waals surface area contributed by atoms with Crippen LogP contribution in [0.1, 0.15) is 37.9 Å². The highest BCUT2D eigenvalue weighted by atomic mass is 35.5. The van der Waals surface area contributed by atoms with Crippen LogP contribution >= 0.6 is 12.4 Å². The molecule has 1 saturated heterocycles. The normalized spacial score (nSPS) is 19.8. The summed E-state index contributed by atoms with van der Waals surface area (Å²) in [6, 6.07) is 16.1. The molecular formula is C28H37ClN4O3. The van der Waals surface area contributed by atoms with Crippen LogP contribution < -0.4 is 15.2 Å². The number of likely N-dealkylation sites (tertiary alicyclic amines) is 1. The van der Waals surface area contributed by atoms with Crippen LogP contribution in [0.15, 0.2) is 48.5 Å². The number of nitrogens with two attached hydrogens (primary N) is 1. The summed E-state index contributed by atoms with van der Waals surface area (Å²) in [7, 11) is 1.70. The summed E-state index contributed by atoms with van der Waals surface area (Å²) < 4.78 is 11.5. The quantitative estimate of drug-likeness (QED) is 0.498. The number of ether oxygens (including phenoxy) is 2. The molecule has 0 aliphatic carbocycles. The first-order valence-corrected chi connectivity index (χ1v) is 12.5. The van der Waals surface area contributed by atoms with Gasteiger partial charge in [0.2, 0.25) is 5.91 Å². The van der Waals surface area contributed by atoms with Crippen molar-refractivity contribution < 1.29 is 14.3 Å². The molecule has 36 heavy (non-hydrogen) atoms. The van der Waals surface area contributed by atoms with Gasteiger partial charge in [-0.1, -0.05) is 18.2 Å². The molecule has 1 fully saturated rings. The Kier molecular flexibility index (Phi) is 7.55. The van der Waals surface area contributed by atoms with Gasteiger partial charge in [0.25, 0.3) is 0 Å². The van der Waals surface area contributed by atoms with Crippen LogP contribution in [-0.4, -0.2) is 66.1 Å². The van der Waals surface area contributed by atoms with Crippen LogP contribution in [0.5, 0.6) is 11.5 Å². The third-order valence-corrected chi connectivity index (χ3v) is 7.33. The monoisotopic (exact) mass is 512 g/mol. The Morgan fingerprint density at radius 3 is 2.64 bits per heavy atom. The second kappa shape index (κ2) is 10.3. The first-order valence-electron chi connectivity index (χ1n) is 12.5. The average molecular weight is 513 g/mol. The predicted molar refractivity (Wildman–Crippen MR) is 145 cm³/mol. The number of H-pyrrole nitrogens is 1. The van der Waals surface area contributed by atoms with E-state index in [0.29, 0.717) is 19.6 Å². The van der Waals surface area contributed by atoms with E-state index in [0.717, 1.165) is 49.5 Å². The first kappa shape index (κ1) is 26.3. The summed E-state index contributed by atoms with van der Waals surface area (Å²) in [5.74, 6) is 1.86. The van der Waals surface area contributed by atoms with Crippen molar-refractivity contribution in [1.29, 1.82) is 0 Å². The molecule has 3 N–H and O–H groups in total. The van der Waals surface area contributed by atoms with E-state index < -0.39 is 11.1 Å². The van der Waals surface area contributed by atoms with Crippen LogP contribution in [0.25, 0.3) is 10.9 Å². The van der Waals surface area contributed by atoms with E-state index >= 15 is 0 Å². The van der Waals surface area contributed by atoms with Gasteiger partial charge in [-0.25, -0.2) is 0 Å². The van der Waals surface area contributed by atoms with Crippen molar-refractivity contribution in [3.63, 3.8) is 0 Å². The Morgan fingerprint density at radius 2 is 1.92 bits per heavy atom. The summed E-state index contributed by atoms with van der Waals surface area (Å²) in [5, 5.41) is 1.19. The van der Waals surface area contributed by atoms with Gasteiger partial charge in [-0.05, 0) is 62.6 Å². The van der Waals surface area contributed by atoms with Gasteiger partial charge in [0.05, 0.1) is 12.6 Å². The minimum Gasteiger partial charge on any atom is -0.497 e. The van der Waals surface area contributed by atoms with Gasteiger partial charge in [-0.15, -0.1) is 12.4 Å². The number of nitrogens with zero attached hydrogens (tertiary/aromatic N) is 2. The molecule has 2 aromatic carbocycles. The van der Waals surface area contributed by atoms with Crippen molar-refractivity contribution in [3.8, 4) is 11.5 Å². The minimum atomic E-state index is -0.547. The number of rotatable bonds is 7. The molecule has 8 heteroatoms. The lowest BCUT2D eigenvalue weighted by Gasteiger charge is -2.45. The van der Waals surface area contributed by atoms with Crippen molar-refractivity contribution in [2.45, 2.75) is 44.2 Å². The second-order valence-corrected chi connectivity index (χ2v) is 10.6. The van der Waals surface area contributed by atoms with E-state index in [2.05, 4.69) is 26.9 Å². The topological polar surface area (TPSA) is 83.8 Å². The molecule has 1 aromatic heterocycles. The maximum atomic E-state index is 13.6. The molecule has 0 radical (unpaired) electrons. The molecule has 194 valence electrons. The smallest absolute Gasteiger partial charge is 0.225 e. The molecular weight excluding hydrogens is 476 g/mol. The van der Waals surface area contributed by atoms with E-state index in [-0.39, 0.29) is 18.3 Å². The van der Waals surface area contributed by atoms with Gasteiger partial charge in [-0.3, -0.25) is 9.69 Å². The van der Waals surface area contributed by atoms with E-state index in [9.17, 15) is 4.79 Å². The molecule has 1 spiro atoms. The minimum absolute atomic E-state index is 0. The standard InChI is InChI=1S/C28H36N4O3.ClH/c1-27(2,29)18-25(33)32-13-11-22-23-17-21(34-3)9-10-24(23)30-26(22)28(32)12-14-31(19-28)15-16-35-20-7-5-4-6-8-20;/h4-10,17,30H,11-16,18-19,29H2,1-3H3;1H. The zero-order valence-electron chi connectivity index (χ0n) is 21.4. The van der Waals surface area contributed by atoms with E-state index in [1.165, 1.54) is 16.6 Å². The molecule has 1 unspecified atom stereocenters. The van der Waals surface area contributed by atoms with Gasteiger partial charge in [0.1, 0.15) is 18.1 Å². The number of fused-ring (bicyclic) bond motifs is 4. The van der Waals surface area contributed by atoms with Crippen LogP contribution in [0.3, 0.4) is 0 Å². The number of amides is 1. The summed E-state index contributed by atoms with van der Waals surface area (Å²) in [6.45, 7) is 7.64. The molecule has 2 aliphatic heterocycles. The van der Waals surface area contributed by atoms with Gasteiger partial charge in [-0.2, -0.15) is 0 Å². The van der Waals surface area contributed by atoms with E-state index in [1.807, 2.05) is 50.2 Å². The van der Waals surface area contributed by atoms with Crippen LogP contribution in [0, 0.1) is 0 Å². The Labute approximate surface area is 219 Å². The van der Waals surface area contributed by atoms with Crippen LogP contribution in [0.2, 0.25) is 0 Å². The third kappa shape index (κ3) is 5.05. The molecule has 1 atom stereocenters. The SMILES string of the molecule is COc1ccc2[nH]c3c(c2c1)CCN(C(=O)CC(C)(C)N)C31CCN(CCOc2ccccc2)C1.Cl. The number of halogens is 1. The van der Waals surface area contributed by atoms with E-state index in [1.54, 1.807) is 7.11 Å². The molecule has 2 aliphatic rings. The fourth-order valence-corrected chi connectivity index (χ4v) is 5.73. The molecule has 7 nitrogen and oxygen atoms in total. The largest absolute Gasteiger partial charge is 0.497 e. The number of carbonyl (C=O) groups excluding carboxylic acids is 1. The lowest BCUT2D eigenvalue weighted by atomic mass is 9.83. The summed E-state index contributed by atoms with van der Waals surface area (Å²) >= 11 is 0. The van der Waals surface area contributed by atoms with E-state index in [4.69, 9.17) is 15.2 Å². The Morgan fingerprint density at radius 1 is 1.14 bits per heavy atom. The number of nitrogens with one attached hydrogen (secondary N) is 1. The number of benzene rings is 2. The van der Waals surface area contributed by atoms with Gasteiger partial charge < -0.3 is 25.1 Å². The number of hydrogen-bond acceptors (Lipinski definition) is 5. The maximum absolute atomic E-state index is 13.6. The van der Waals surface area contributed by atoms with Crippen molar-refractivity contribution in [2.24, 2.45) is 5.73 Å². The zero-order valence-corrected chi connectivity index (χ0v) is 22.2. The fraction of sp³-hybridized carbons (Fsp3) is 0.464. The van der Waals surface area contributed by atoms with Crippen molar-refractivity contribution in [2.75, 3.05) is 39.9 Å². The lowest BCUT2D eigenvalue weighted by molar-refractivity contribution is -0.139. The Bertz CT molecular complexity index is 1210.